The van der Waals surface area contributed by atoms with Crippen LogP contribution in [-0.2, 0) is 11.3 Å². The van der Waals surface area contributed by atoms with E-state index in [-0.39, 0.29) is 11.3 Å². The maximum atomic E-state index is 13.7. The van der Waals surface area contributed by atoms with Gasteiger partial charge in [-0.1, -0.05) is 24.3 Å². The first-order valence-electron chi connectivity index (χ1n) is 11.5. The molecule has 1 aliphatic rings. The molecule has 1 atom stereocenters. The monoisotopic (exact) mass is 488 g/mol. The van der Waals surface area contributed by atoms with Crippen LogP contribution < -0.4 is 14.0 Å². The van der Waals surface area contributed by atoms with Crippen LogP contribution in [0.5, 0.6) is 11.5 Å². The summed E-state index contributed by atoms with van der Waals surface area (Å²) >= 11 is 0. The van der Waals surface area contributed by atoms with Gasteiger partial charge in [0.1, 0.15) is 18.0 Å². The van der Waals surface area contributed by atoms with Gasteiger partial charge in [-0.05, 0) is 29.8 Å². The number of fused-ring (bicyclic) bond motifs is 1. The Morgan fingerprint density at radius 2 is 1.94 bits per heavy atom. The average molecular weight is 489 g/mol. The van der Waals surface area contributed by atoms with Crippen LogP contribution in [0.4, 0.5) is 0 Å². The number of Topliss-reactive ketones (excluding diaryl/α,β-unsaturated/α-hetero) is 1. The van der Waals surface area contributed by atoms with Crippen LogP contribution in [0, 0.1) is 0 Å². The third kappa shape index (κ3) is 4.08. The van der Waals surface area contributed by atoms with Gasteiger partial charge in [-0.2, -0.15) is 0 Å². The number of nitrogens with zero attached hydrogens (tertiary/aromatic N) is 2. The normalized spacial score (nSPS) is 15.7. The van der Waals surface area contributed by atoms with E-state index in [0.29, 0.717) is 42.2 Å². The Labute approximate surface area is 207 Å². The largest absolute Gasteiger partial charge is 0.503 e. The molecule has 0 aliphatic carbocycles. The summed E-state index contributed by atoms with van der Waals surface area (Å²) in [6.45, 7) is 0.969. The van der Waals surface area contributed by atoms with Gasteiger partial charge in [0, 0.05) is 18.4 Å². The zero-order valence-corrected chi connectivity index (χ0v) is 19.9. The number of aliphatic hydroxyl groups excluding tert-OH is 1. The number of carbonyl (C=O) groups is 2. The zero-order valence-electron chi connectivity index (χ0n) is 19.9. The molecule has 3 heterocycles. The number of amides is 1. The molecule has 184 valence electrons. The van der Waals surface area contributed by atoms with Crippen molar-refractivity contribution in [3.63, 3.8) is 0 Å². The van der Waals surface area contributed by atoms with Crippen LogP contribution in [0.25, 0.3) is 11.0 Å². The fourth-order valence-electron chi connectivity index (χ4n) is 4.60. The SMILES string of the molecule is COc1ccc(C2C(C(=O)c3cc4ccccc4o3)=C(O)C(=O)N2CCC[n+]2cc[nH]c2)cc1OC. The van der Waals surface area contributed by atoms with E-state index in [1.54, 1.807) is 30.3 Å². The van der Waals surface area contributed by atoms with Gasteiger partial charge in [-0.3, -0.25) is 14.6 Å². The van der Waals surface area contributed by atoms with E-state index >= 15 is 0 Å². The number of benzene rings is 2. The molecule has 2 N–H and O–H groups in total. The molecule has 0 fully saturated rings. The van der Waals surface area contributed by atoms with Crippen LogP contribution in [0.15, 0.2) is 83.0 Å². The van der Waals surface area contributed by atoms with Crippen LogP contribution in [-0.4, -0.2) is 47.4 Å². The van der Waals surface area contributed by atoms with E-state index in [9.17, 15) is 14.7 Å². The Morgan fingerprint density at radius 3 is 2.67 bits per heavy atom. The number of imidazole rings is 1. The van der Waals surface area contributed by atoms with Gasteiger partial charge in [0.2, 0.25) is 12.1 Å². The van der Waals surface area contributed by atoms with E-state index in [4.69, 9.17) is 13.9 Å². The second-order valence-corrected chi connectivity index (χ2v) is 8.46. The second-order valence-electron chi connectivity index (χ2n) is 8.46. The minimum absolute atomic E-state index is 0.0272. The number of ketones is 1. The summed E-state index contributed by atoms with van der Waals surface area (Å²) in [4.78, 5) is 31.4. The smallest absolute Gasteiger partial charge is 0.290 e. The van der Waals surface area contributed by atoms with Crippen molar-refractivity contribution in [2.75, 3.05) is 20.8 Å². The summed E-state index contributed by atoms with van der Waals surface area (Å²) in [7, 11) is 3.05. The van der Waals surface area contributed by atoms with Gasteiger partial charge in [-0.25, -0.2) is 4.57 Å². The minimum atomic E-state index is -0.825. The van der Waals surface area contributed by atoms with Crippen molar-refractivity contribution in [1.82, 2.24) is 9.88 Å². The Balaban J connectivity index is 1.54. The van der Waals surface area contributed by atoms with Crippen LogP contribution in [0.2, 0.25) is 0 Å². The lowest BCUT2D eigenvalue weighted by Gasteiger charge is -2.27. The first-order valence-corrected chi connectivity index (χ1v) is 11.5. The number of H-pyrrole nitrogens is 1. The third-order valence-electron chi connectivity index (χ3n) is 6.34. The van der Waals surface area contributed by atoms with Crippen molar-refractivity contribution in [2.24, 2.45) is 0 Å². The fourth-order valence-corrected chi connectivity index (χ4v) is 4.60. The molecule has 1 aliphatic heterocycles. The Hall–Kier alpha value is -4.53. The van der Waals surface area contributed by atoms with Gasteiger partial charge in [-0.15, -0.1) is 0 Å². The first-order chi connectivity index (χ1) is 17.5. The number of rotatable bonds is 9. The van der Waals surface area contributed by atoms with E-state index in [1.807, 2.05) is 41.5 Å². The maximum absolute atomic E-state index is 13.7. The van der Waals surface area contributed by atoms with Crippen LogP contribution >= 0.6 is 0 Å². The molecule has 4 aromatic rings. The highest BCUT2D eigenvalue weighted by atomic mass is 16.5. The van der Waals surface area contributed by atoms with Crippen molar-refractivity contribution in [3.05, 3.63) is 89.9 Å². The number of carbonyl (C=O) groups excluding carboxylic acids is 2. The molecule has 1 amide bonds. The number of nitrogens with one attached hydrogen (secondary N) is 1. The number of aromatic amines is 1. The second kappa shape index (κ2) is 9.61. The maximum Gasteiger partial charge on any atom is 0.290 e. The predicted octanol–water partition coefficient (Wildman–Crippen LogP) is 3.73. The molecule has 9 heteroatoms. The molecule has 2 aromatic carbocycles. The number of hydrogen-bond acceptors (Lipinski definition) is 6. The molecule has 5 rings (SSSR count). The Kier molecular flexibility index (Phi) is 6.20. The van der Waals surface area contributed by atoms with Gasteiger partial charge in [0.25, 0.3) is 5.91 Å². The first kappa shape index (κ1) is 23.2. The molecular weight excluding hydrogens is 462 g/mol. The number of hydrogen-bond donors (Lipinski definition) is 2. The van der Waals surface area contributed by atoms with Gasteiger partial charge >= 0.3 is 0 Å². The van der Waals surface area contributed by atoms with Crippen LogP contribution in [0.3, 0.4) is 0 Å². The van der Waals surface area contributed by atoms with Gasteiger partial charge in [0.15, 0.2) is 23.0 Å². The van der Waals surface area contributed by atoms with Gasteiger partial charge in [0.05, 0.1) is 32.4 Å². The molecule has 2 aromatic heterocycles. The highest BCUT2D eigenvalue weighted by Crippen LogP contribution is 2.42. The lowest BCUT2D eigenvalue weighted by Crippen LogP contribution is -2.36. The van der Waals surface area contributed by atoms with E-state index in [0.717, 1.165) is 5.39 Å². The van der Waals surface area contributed by atoms with Crippen molar-refractivity contribution in [2.45, 2.75) is 19.0 Å². The van der Waals surface area contributed by atoms with Crippen molar-refractivity contribution < 1.29 is 33.2 Å². The molecule has 0 bridgehead atoms. The summed E-state index contributed by atoms with van der Waals surface area (Å²) in [5.41, 5.74) is 1.13. The third-order valence-corrected chi connectivity index (χ3v) is 6.34. The number of furan rings is 1. The summed E-state index contributed by atoms with van der Waals surface area (Å²) in [5, 5.41) is 11.7. The molecule has 9 nitrogen and oxygen atoms in total. The topological polar surface area (TPSA) is 109 Å². The molecule has 0 saturated carbocycles. The lowest BCUT2D eigenvalue weighted by atomic mass is 9.94. The minimum Gasteiger partial charge on any atom is -0.503 e. The lowest BCUT2D eigenvalue weighted by molar-refractivity contribution is -0.695. The summed E-state index contributed by atoms with van der Waals surface area (Å²) in [6, 6.07) is 13.2. The van der Waals surface area contributed by atoms with Crippen LogP contribution in [0.1, 0.15) is 28.6 Å². The summed E-state index contributed by atoms with van der Waals surface area (Å²) in [5.74, 6) is -0.700. The summed E-state index contributed by atoms with van der Waals surface area (Å²) in [6.07, 6.45) is 6.14. The highest BCUT2D eigenvalue weighted by Gasteiger charge is 2.44. The van der Waals surface area contributed by atoms with Crippen molar-refractivity contribution in [3.8, 4) is 11.5 Å². The fraction of sp³-hybridized carbons (Fsp3) is 0.222. The molecule has 1 unspecified atom stereocenters. The standard InChI is InChI=1S/C27H25N3O6/c1-34-20-9-8-18(15-21(20)35-2)24-23(25(31)22-14-17-6-3-4-7-19(17)36-22)26(32)27(33)30(24)12-5-11-29-13-10-28-16-29/h3-4,6-10,13-16,24H,5,11-12H2,1-2H3,(H,31,32)/p+1. The quantitative estimate of drug-likeness (QED) is 0.275. The zero-order chi connectivity index (χ0) is 25.2. The van der Waals surface area contributed by atoms with Gasteiger partial charge < -0.3 is 23.9 Å². The number of aryl methyl sites for hydroxylation is 1. The summed E-state index contributed by atoms with van der Waals surface area (Å²) < 4.78 is 18.5. The highest BCUT2D eigenvalue weighted by molar-refractivity contribution is 6.16. The number of ether oxygens (including phenoxy) is 2. The molecule has 0 spiro atoms. The Bertz CT molecular complexity index is 1420. The molecule has 0 saturated heterocycles. The van der Waals surface area contributed by atoms with Crippen molar-refractivity contribution >= 4 is 22.7 Å². The predicted molar refractivity (Wildman–Crippen MR) is 130 cm³/mol. The average Bonchev–Trinajstić information content (AvgIpc) is 3.63. The number of para-hydroxylation sites is 1. The van der Waals surface area contributed by atoms with E-state index < -0.39 is 23.5 Å². The number of aliphatic hydroxyl groups is 1. The number of aromatic nitrogens is 2. The molecule has 0 radical (unpaired) electrons. The van der Waals surface area contributed by atoms with Crippen molar-refractivity contribution in [1.29, 1.82) is 0 Å². The van der Waals surface area contributed by atoms with E-state index in [2.05, 4.69) is 4.98 Å². The van der Waals surface area contributed by atoms with E-state index in [1.165, 1.54) is 19.1 Å². The Morgan fingerprint density at radius 1 is 1.14 bits per heavy atom. The number of methoxy groups -OCH3 is 2. The molecule has 36 heavy (non-hydrogen) atoms. The molecular formula is C27H26N3O6+.